The molecule has 19 heavy (non-hydrogen) atoms. The minimum Gasteiger partial charge on any atom is -0.454 e. The fraction of sp³-hybridized carbons (Fsp3) is 0.143. The van der Waals surface area contributed by atoms with Crippen LogP contribution >= 0.6 is 23.2 Å². The Morgan fingerprint density at radius 2 is 1.89 bits per heavy atom. The van der Waals surface area contributed by atoms with Crippen LogP contribution in [-0.4, -0.2) is 0 Å². The van der Waals surface area contributed by atoms with Crippen molar-refractivity contribution >= 4 is 23.2 Å². The Morgan fingerprint density at radius 1 is 1.16 bits per heavy atom. The summed E-state index contributed by atoms with van der Waals surface area (Å²) < 4.78 is 19.1. The first-order valence-corrected chi connectivity index (χ1v) is 6.41. The number of nitrogens with two attached hydrogens (primary N) is 1. The fourth-order valence-electron chi connectivity index (χ4n) is 1.63. The molecule has 0 aliphatic carbocycles. The average Bonchev–Trinajstić information content (AvgIpc) is 2.34. The van der Waals surface area contributed by atoms with Gasteiger partial charge in [0.15, 0.2) is 11.6 Å². The highest BCUT2D eigenvalue weighted by Crippen LogP contribution is 2.32. The first-order valence-electron chi connectivity index (χ1n) is 5.66. The first-order chi connectivity index (χ1) is 8.99. The van der Waals surface area contributed by atoms with Gasteiger partial charge in [0.05, 0.1) is 5.02 Å². The van der Waals surface area contributed by atoms with Crippen LogP contribution in [-0.2, 0) is 0 Å². The van der Waals surface area contributed by atoms with E-state index in [0.29, 0.717) is 10.8 Å². The summed E-state index contributed by atoms with van der Waals surface area (Å²) in [5, 5.41) is 0.491. The van der Waals surface area contributed by atoms with Gasteiger partial charge in [0.25, 0.3) is 0 Å². The Bertz CT molecular complexity index is 602. The molecule has 0 saturated heterocycles. The molecule has 0 aliphatic rings. The number of hydrogen-bond acceptors (Lipinski definition) is 2. The molecule has 2 N–H and O–H groups in total. The second kappa shape index (κ2) is 5.78. The van der Waals surface area contributed by atoms with E-state index in [1.807, 2.05) is 6.92 Å². The number of benzene rings is 2. The zero-order chi connectivity index (χ0) is 14.0. The van der Waals surface area contributed by atoms with Crippen molar-refractivity contribution < 1.29 is 9.13 Å². The van der Waals surface area contributed by atoms with Gasteiger partial charge in [0.2, 0.25) is 0 Å². The molecule has 2 nitrogen and oxygen atoms in total. The monoisotopic (exact) mass is 299 g/mol. The lowest BCUT2D eigenvalue weighted by Crippen LogP contribution is -2.05. The van der Waals surface area contributed by atoms with E-state index in [4.69, 9.17) is 33.7 Å². The van der Waals surface area contributed by atoms with Gasteiger partial charge in [-0.2, -0.15) is 0 Å². The van der Waals surface area contributed by atoms with E-state index in [-0.39, 0.29) is 16.8 Å². The third kappa shape index (κ3) is 3.18. The summed E-state index contributed by atoms with van der Waals surface area (Å²) in [5.74, 6) is -0.121. The minimum atomic E-state index is -0.600. The van der Waals surface area contributed by atoms with Crippen LogP contribution in [0.2, 0.25) is 10.0 Å². The van der Waals surface area contributed by atoms with Crippen molar-refractivity contribution in [1.82, 2.24) is 0 Å². The lowest BCUT2D eigenvalue weighted by molar-refractivity contribution is 0.442. The van der Waals surface area contributed by atoms with E-state index < -0.39 is 5.82 Å². The number of rotatable bonds is 3. The molecule has 5 heteroatoms. The Kier molecular flexibility index (Phi) is 4.30. The molecule has 1 unspecified atom stereocenters. The second-order valence-electron chi connectivity index (χ2n) is 4.13. The molecule has 0 radical (unpaired) electrons. The van der Waals surface area contributed by atoms with Crippen LogP contribution in [0.15, 0.2) is 36.4 Å². The lowest BCUT2D eigenvalue weighted by Gasteiger charge is -2.11. The van der Waals surface area contributed by atoms with E-state index in [1.54, 1.807) is 24.3 Å². The van der Waals surface area contributed by atoms with Crippen molar-refractivity contribution in [3.63, 3.8) is 0 Å². The van der Waals surface area contributed by atoms with Crippen LogP contribution in [0.4, 0.5) is 4.39 Å². The molecule has 0 aromatic heterocycles. The van der Waals surface area contributed by atoms with Crippen molar-refractivity contribution in [3.05, 3.63) is 57.8 Å². The number of hydrogen-bond donors (Lipinski definition) is 1. The van der Waals surface area contributed by atoms with Gasteiger partial charge in [-0.1, -0.05) is 35.3 Å². The summed E-state index contributed by atoms with van der Waals surface area (Å²) in [7, 11) is 0. The van der Waals surface area contributed by atoms with Crippen molar-refractivity contribution in [1.29, 1.82) is 0 Å². The molecular weight excluding hydrogens is 288 g/mol. The van der Waals surface area contributed by atoms with Gasteiger partial charge in [-0.25, -0.2) is 4.39 Å². The van der Waals surface area contributed by atoms with Crippen LogP contribution in [0.3, 0.4) is 0 Å². The third-order valence-electron chi connectivity index (χ3n) is 2.61. The molecule has 0 fully saturated rings. The highest BCUT2D eigenvalue weighted by Gasteiger charge is 2.10. The van der Waals surface area contributed by atoms with E-state index in [2.05, 4.69) is 0 Å². The van der Waals surface area contributed by atoms with E-state index in [0.717, 1.165) is 5.56 Å². The first kappa shape index (κ1) is 14.1. The van der Waals surface area contributed by atoms with Gasteiger partial charge in [0, 0.05) is 11.1 Å². The predicted octanol–water partition coefficient (Wildman–Crippen LogP) is 4.94. The molecule has 1 atom stereocenters. The molecule has 100 valence electrons. The molecule has 0 spiro atoms. The summed E-state index contributed by atoms with van der Waals surface area (Å²) in [6.45, 7) is 1.83. The predicted molar refractivity (Wildman–Crippen MR) is 75.5 cm³/mol. The van der Waals surface area contributed by atoms with Gasteiger partial charge >= 0.3 is 0 Å². The van der Waals surface area contributed by atoms with Gasteiger partial charge in [-0.05, 0) is 36.8 Å². The molecular formula is C14H12Cl2FNO. The van der Waals surface area contributed by atoms with Crippen LogP contribution in [0.1, 0.15) is 18.5 Å². The summed E-state index contributed by atoms with van der Waals surface area (Å²) in [5.41, 5.74) is 6.56. The number of ether oxygens (including phenoxy) is 1. The van der Waals surface area contributed by atoms with Gasteiger partial charge < -0.3 is 10.5 Å². The molecule has 2 aromatic rings. The normalized spacial score (nSPS) is 12.3. The van der Waals surface area contributed by atoms with E-state index >= 15 is 0 Å². The molecule has 0 saturated carbocycles. The summed E-state index contributed by atoms with van der Waals surface area (Å²) in [6.07, 6.45) is 0. The van der Waals surface area contributed by atoms with Crippen LogP contribution < -0.4 is 10.5 Å². The van der Waals surface area contributed by atoms with E-state index in [9.17, 15) is 4.39 Å². The van der Waals surface area contributed by atoms with Gasteiger partial charge in [-0.15, -0.1) is 0 Å². The maximum atomic E-state index is 13.7. The SMILES string of the molecule is CC(N)c1ccc(Oc2cccc(Cl)c2F)cc1Cl. The van der Waals surface area contributed by atoms with Gasteiger partial charge in [-0.3, -0.25) is 0 Å². The zero-order valence-electron chi connectivity index (χ0n) is 10.2. The highest BCUT2D eigenvalue weighted by molar-refractivity contribution is 6.31. The zero-order valence-corrected chi connectivity index (χ0v) is 11.7. The maximum Gasteiger partial charge on any atom is 0.184 e. The Morgan fingerprint density at radius 3 is 2.53 bits per heavy atom. The quantitative estimate of drug-likeness (QED) is 0.871. The molecule has 0 aliphatic heterocycles. The largest absolute Gasteiger partial charge is 0.454 e. The molecule has 2 aromatic carbocycles. The van der Waals surface area contributed by atoms with Crippen LogP contribution in [0, 0.1) is 5.82 Å². The molecule has 0 bridgehead atoms. The Labute approximate surface area is 120 Å². The molecule has 0 amide bonds. The van der Waals surface area contributed by atoms with Crippen molar-refractivity contribution in [2.45, 2.75) is 13.0 Å². The average molecular weight is 300 g/mol. The summed E-state index contributed by atoms with van der Waals surface area (Å²) in [4.78, 5) is 0. The smallest absolute Gasteiger partial charge is 0.184 e. The summed E-state index contributed by atoms with van der Waals surface area (Å²) >= 11 is 11.8. The second-order valence-corrected chi connectivity index (χ2v) is 4.94. The lowest BCUT2D eigenvalue weighted by atomic mass is 10.1. The maximum absolute atomic E-state index is 13.7. The summed E-state index contributed by atoms with van der Waals surface area (Å²) in [6, 6.07) is 9.42. The topological polar surface area (TPSA) is 35.2 Å². The minimum absolute atomic E-state index is 0.01000. The number of halogens is 3. The van der Waals surface area contributed by atoms with Crippen LogP contribution in [0.25, 0.3) is 0 Å². The Balaban J connectivity index is 2.29. The Hall–Kier alpha value is -1.29. The standard InChI is InChI=1S/C14H12Cl2FNO/c1-8(18)10-6-5-9(7-12(10)16)19-13-4-2-3-11(15)14(13)17/h2-8H,18H2,1H3. The van der Waals surface area contributed by atoms with Crippen molar-refractivity contribution in [2.24, 2.45) is 5.73 Å². The van der Waals surface area contributed by atoms with Crippen molar-refractivity contribution in [3.8, 4) is 11.5 Å². The van der Waals surface area contributed by atoms with Crippen LogP contribution in [0.5, 0.6) is 11.5 Å². The van der Waals surface area contributed by atoms with Crippen molar-refractivity contribution in [2.75, 3.05) is 0 Å². The molecule has 0 heterocycles. The third-order valence-corrected chi connectivity index (χ3v) is 3.23. The van der Waals surface area contributed by atoms with E-state index in [1.165, 1.54) is 12.1 Å². The molecule has 2 rings (SSSR count). The fourth-order valence-corrected chi connectivity index (χ4v) is 2.14. The van der Waals surface area contributed by atoms with Gasteiger partial charge in [0.1, 0.15) is 5.75 Å². The highest BCUT2D eigenvalue weighted by atomic mass is 35.5.